The normalized spacial score (nSPS) is 10.4. The first-order chi connectivity index (χ1) is 10.6. The Hall–Kier alpha value is -1.69. The van der Waals surface area contributed by atoms with E-state index in [1.807, 2.05) is 20.8 Å². The van der Waals surface area contributed by atoms with Gasteiger partial charge in [-0.3, -0.25) is 9.59 Å². The SMILES string of the molecule is CCOB(OCC)OCC.O=C(O)CC(O)(CC(=O)O)C(=O)O. The molecular formula is C12H23BO10. The molecule has 0 radical (unpaired) electrons. The van der Waals surface area contributed by atoms with Crippen LogP contribution in [0.4, 0.5) is 0 Å². The fourth-order valence-corrected chi connectivity index (χ4v) is 1.27. The molecule has 0 spiro atoms. The lowest BCUT2D eigenvalue weighted by Gasteiger charge is -2.18. The van der Waals surface area contributed by atoms with E-state index >= 15 is 0 Å². The van der Waals surface area contributed by atoms with Gasteiger partial charge < -0.3 is 34.4 Å². The van der Waals surface area contributed by atoms with Gasteiger partial charge in [-0.15, -0.1) is 0 Å². The molecule has 0 aliphatic carbocycles. The molecule has 0 saturated heterocycles. The number of aliphatic hydroxyl groups is 1. The Morgan fingerprint density at radius 3 is 1.30 bits per heavy atom. The van der Waals surface area contributed by atoms with Crippen LogP contribution in [-0.2, 0) is 28.3 Å². The molecule has 134 valence electrons. The van der Waals surface area contributed by atoms with Crippen LogP contribution in [0.25, 0.3) is 0 Å². The molecule has 11 heteroatoms. The molecule has 0 aromatic carbocycles. The van der Waals surface area contributed by atoms with E-state index in [-0.39, 0.29) is 0 Å². The summed E-state index contributed by atoms with van der Waals surface area (Å²) < 4.78 is 15.2. The van der Waals surface area contributed by atoms with Crippen molar-refractivity contribution < 1.29 is 48.8 Å². The molecule has 0 fully saturated rings. The van der Waals surface area contributed by atoms with Crippen LogP contribution in [0.3, 0.4) is 0 Å². The quantitative estimate of drug-likeness (QED) is 0.372. The van der Waals surface area contributed by atoms with Crippen molar-refractivity contribution in [3.63, 3.8) is 0 Å². The van der Waals surface area contributed by atoms with Crippen LogP contribution in [-0.4, -0.2) is 71.1 Å². The summed E-state index contributed by atoms with van der Waals surface area (Å²) in [5, 5.41) is 33.8. The number of carbonyl (C=O) groups is 3. The zero-order chi connectivity index (χ0) is 18.5. The lowest BCUT2D eigenvalue weighted by molar-refractivity contribution is -0.170. The van der Waals surface area contributed by atoms with E-state index in [1.165, 1.54) is 0 Å². The van der Waals surface area contributed by atoms with Gasteiger partial charge >= 0.3 is 25.2 Å². The average Bonchev–Trinajstić information content (AvgIpc) is 2.38. The highest BCUT2D eigenvalue weighted by Crippen LogP contribution is 2.15. The molecule has 0 bridgehead atoms. The Morgan fingerprint density at radius 1 is 0.826 bits per heavy atom. The molecule has 4 N–H and O–H groups in total. The predicted molar refractivity (Wildman–Crippen MR) is 77.7 cm³/mol. The maximum absolute atomic E-state index is 10.3. The molecule has 0 aliphatic rings. The summed E-state index contributed by atoms with van der Waals surface area (Å²) in [6, 6.07) is 0. The molecule has 0 unspecified atom stereocenters. The van der Waals surface area contributed by atoms with Crippen LogP contribution >= 0.6 is 0 Å². The first-order valence-corrected chi connectivity index (χ1v) is 6.87. The zero-order valence-corrected chi connectivity index (χ0v) is 13.4. The summed E-state index contributed by atoms with van der Waals surface area (Å²) in [7, 11) is -0.472. The molecule has 23 heavy (non-hydrogen) atoms. The van der Waals surface area contributed by atoms with Crippen molar-refractivity contribution in [3.05, 3.63) is 0 Å². The summed E-state index contributed by atoms with van der Waals surface area (Å²) in [4.78, 5) is 30.5. The van der Waals surface area contributed by atoms with E-state index in [9.17, 15) is 14.4 Å². The molecule has 0 atom stereocenters. The molecule has 0 aliphatic heterocycles. The summed E-state index contributed by atoms with van der Waals surface area (Å²) >= 11 is 0. The van der Waals surface area contributed by atoms with Gasteiger partial charge in [-0.05, 0) is 20.8 Å². The van der Waals surface area contributed by atoms with Crippen molar-refractivity contribution in [2.45, 2.75) is 39.2 Å². The lowest BCUT2D eigenvalue weighted by Crippen LogP contribution is -2.42. The Kier molecular flexibility index (Phi) is 13.1. The molecule has 0 aromatic heterocycles. The second-order valence-corrected chi connectivity index (χ2v) is 4.13. The van der Waals surface area contributed by atoms with E-state index in [0.717, 1.165) is 0 Å². The van der Waals surface area contributed by atoms with Gasteiger partial charge in [-0.1, -0.05) is 0 Å². The fourth-order valence-electron chi connectivity index (χ4n) is 1.27. The monoisotopic (exact) mass is 338 g/mol. The number of carboxylic acids is 3. The minimum absolute atomic E-state index is 0.472. The maximum atomic E-state index is 10.3. The summed E-state index contributed by atoms with van der Waals surface area (Å²) in [6.07, 6.45) is -2.29. The van der Waals surface area contributed by atoms with Crippen LogP contribution < -0.4 is 0 Å². The van der Waals surface area contributed by atoms with Crippen molar-refractivity contribution in [2.75, 3.05) is 19.8 Å². The summed E-state index contributed by atoms with van der Waals surface area (Å²) in [6.45, 7) is 7.57. The van der Waals surface area contributed by atoms with Gasteiger partial charge in [0.1, 0.15) is 0 Å². The van der Waals surface area contributed by atoms with Crippen molar-refractivity contribution in [2.24, 2.45) is 0 Å². The number of aliphatic carboxylic acids is 3. The van der Waals surface area contributed by atoms with Crippen molar-refractivity contribution in [3.8, 4) is 0 Å². The van der Waals surface area contributed by atoms with Crippen LogP contribution in [0.1, 0.15) is 33.6 Å². The summed E-state index contributed by atoms with van der Waals surface area (Å²) in [5.74, 6) is -5.02. The van der Waals surface area contributed by atoms with E-state index < -0.39 is 43.7 Å². The van der Waals surface area contributed by atoms with Crippen molar-refractivity contribution in [1.82, 2.24) is 0 Å². The van der Waals surface area contributed by atoms with Gasteiger partial charge in [0.2, 0.25) is 0 Å². The highest BCUT2D eigenvalue weighted by molar-refractivity contribution is 6.36. The van der Waals surface area contributed by atoms with Gasteiger partial charge in [-0.2, -0.15) is 0 Å². The second-order valence-electron chi connectivity index (χ2n) is 4.13. The number of hydrogen-bond acceptors (Lipinski definition) is 7. The Bertz CT molecular complexity index is 343. The number of rotatable bonds is 11. The molecule has 0 amide bonds. The van der Waals surface area contributed by atoms with Gasteiger partial charge in [0.25, 0.3) is 0 Å². The minimum atomic E-state index is -2.74. The standard InChI is InChI=1S/C6H15BO3.C6H8O7/c1-4-8-7(9-5-2)10-6-3;7-3(8)1-6(13,5(11)12)2-4(9)10/h4-6H2,1-3H3;13H,1-2H2,(H,7,8)(H,9,10)(H,11,12). The predicted octanol–water partition coefficient (Wildman–Crippen LogP) is -0.168. The van der Waals surface area contributed by atoms with E-state index in [0.29, 0.717) is 19.8 Å². The lowest BCUT2D eigenvalue weighted by atomic mass is 9.96. The third-order valence-corrected chi connectivity index (χ3v) is 2.19. The van der Waals surface area contributed by atoms with Crippen LogP contribution in [0.2, 0.25) is 0 Å². The minimum Gasteiger partial charge on any atom is -0.481 e. The fraction of sp³-hybridized carbons (Fsp3) is 0.750. The van der Waals surface area contributed by atoms with E-state index in [4.69, 9.17) is 34.4 Å². The van der Waals surface area contributed by atoms with E-state index in [1.54, 1.807) is 0 Å². The first-order valence-electron chi connectivity index (χ1n) is 6.87. The number of hydrogen-bond donors (Lipinski definition) is 4. The van der Waals surface area contributed by atoms with Crippen LogP contribution in [0.5, 0.6) is 0 Å². The van der Waals surface area contributed by atoms with Crippen LogP contribution in [0.15, 0.2) is 0 Å². The van der Waals surface area contributed by atoms with Crippen LogP contribution in [0, 0.1) is 0 Å². The van der Waals surface area contributed by atoms with Gasteiger partial charge in [-0.25, -0.2) is 4.79 Å². The van der Waals surface area contributed by atoms with Gasteiger partial charge in [0.15, 0.2) is 5.60 Å². The largest absolute Gasteiger partial charge is 0.639 e. The Labute approximate surface area is 134 Å². The average molecular weight is 338 g/mol. The Balaban J connectivity index is 0. The molecular weight excluding hydrogens is 315 g/mol. The molecule has 0 heterocycles. The smallest absolute Gasteiger partial charge is 0.481 e. The highest BCUT2D eigenvalue weighted by Gasteiger charge is 2.40. The first kappa shape index (κ1) is 23.6. The maximum Gasteiger partial charge on any atom is 0.639 e. The third-order valence-electron chi connectivity index (χ3n) is 2.19. The molecule has 0 saturated carbocycles. The van der Waals surface area contributed by atoms with Crippen molar-refractivity contribution >= 4 is 25.2 Å². The van der Waals surface area contributed by atoms with Crippen molar-refractivity contribution in [1.29, 1.82) is 0 Å². The molecule has 10 nitrogen and oxygen atoms in total. The topological polar surface area (TPSA) is 160 Å². The second kappa shape index (κ2) is 12.8. The zero-order valence-electron chi connectivity index (χ0n) is 13.4. The highest BCUT2D eigenvalue weighted by atomic mass is 16.7. The third kappa shape index (κ3) is 12.5. The molecule has 0 rings (SSSR count). The Morgan fingerprint density at radius 2 is 1.13 bits per heavy atom. The number of carboxylic acid groups (broad SMARTS) is 3. The van der Waals surface area contributed by atoms with Gasteiger partial charge in [0.05, 0.1) is 12.8 Å². The molecule has 0 aromatic rings. The van der Waals surface area contributed by atoms with E-state index in [2.05, 4.69) is 0 Å². The summed E-state index contributed by atoms with van der Waals surface area (Å²) in [5.41, 5.74) is -2.74. The van der Waals surface area contributed by atoms with Gasteiger partial charge in [0, 0.05) is 19.8 Å².